The van der Waals surface area contributed by atoms with Gasteiger partial charge in [-0.1, -0.05) is 36.4 Å². The van der Waals surface area contributed by atoms with Crippen LogP contribution in [0.3, 0.4) is 0 Å². The lowest BCUT2D eigenvalue weighted by Crippen LogP contribution is -2.37. The van der Waals surface area contributed by atoms with Crippen LogP contribution in [0.2, 0.25) is 0 Å². The van der Waals surface area contributed by atoms with Crippen LogP contribution in [0.5, 0.6) is 11.5 Å². The number of Topliss-reactive ketones (excluding diaryl/α,β-unsaturated/α-hetero) is 1. The Morgan fingerprint density at radius 1 is 0.946 bits per heavy atom. The molecular weight excluding hydrogens is 471 g/mol. The number of hydrogen-bond acceptors (Lipinski definition) is 5. The lowest BCUT2D eigenvalue weighted by Gasteiger charge is -2.37. The molecule has 6 rings (SSSR count). The van der Waals surface area contributed by atoms with E-state index in [-0.39, 0.29) is 30.2 Å². The predicted molar refractivity (Wildman–Crippen MR) is 137 cm³/mol. The zero-order valence-corrected chi connectivity index (χ0v) is 20.2. The summed E-state index contributed by atoms with van der Waals surface area (Å²) in [7, 11) is 0. The van der Waals surface area contributed by atoms with E-state index in [1.165, 1.54) is 24.3 Å². The van der Waals surface area contributed by atoms with Crippen LogP contribution in [0, 0.1) is 5.82 Å². The van der Waals surface area contributed by atoms with Gasteiger partial charge >= 0.3 is 0 Å². The molecule has 0 bridgehead atoms. The first-order chi connectivity index (χ1) is 18.0. The number of dihydropyridines is 1. The molecule has 7 heteroatoms. The van der Waals surface area contributed by atoms with E-state index >= 15 is 0 Å². The Hall–Kier alpha value is -4.39. The minimum atomic E-state index is -0.588. The maximum Gasteiger partial charge on any atom is 0.254 e. The largest absolute Gasteiger partial charge is 0.454 e. The van der Waals surface area contributed by atoms with Gasteiger partial charge in [0.1, 0.15) is 5.82 Å². The van der Waals surface area contributed by atoms with Gasteiger partial charge in [0.15, 0.2) is 17.3 Å². The van der Waals surface area contributed by atoms with Crippen molar-refractivity contribution in [2.45, 2.75) is 31.6 Å². The maximum absolute atomic E-state index is 13.8. The molecule has 2 heterocycles. The van der Waals surface area contributed by atoms with Crippen molar-refractivity contribution in [1.29, 1.82) is 0 Å². The van der Waals surface area contributed by atoms with Crippen molar-refractivity contribution >= 4 is 17.4 Å². The van der Waals surface area contributed by atoms with Gasteiger partial charge in [-0.25, -0.2) is 4.39 Å². The number of anilines is 1. The summed E-state index contributed by atoms with van der Waals surface area (Å²) in [6.45, 7) is 1.98. The molecule has 2 atom stereocenters. The van der Waals surface area contributed by atoms with E-state index in [1.54, 1.807) is 0 Å². The molecule has 1 aliphatic carbocycles. The van der Waals surface area contributed by atoms with Crippen LogP contribution in [0.15, 0.2) is 95.3 Å². The molecule has 186 valence electrons. The molecule has 0 aromatic heterocycles. The van der Waals surface area contributed by atoms with Gasteiger partial charge in [-0.2, -0.15) is 0 Å². The Labute approximate surface area is 213 Å². The average Bonchev–Trinajstić information content (AvgIpc) is 3.37. The van der Waals surface area contributed by atoms with Gasteiger partial charge in [0.05, 0.1) is 0 Å². The molecule has 0 radical (unpaired) electrons. The van der Waals surface area contributed by atoms with Crippen molar-refractivity contribution in [1.82, 2.24) is 5.32 Å². The molecule has 2 aliphatic heterocycles. The molecule has 0 spiro atoms. The summed E-state index contributed by atoms with van der Waals surface area (Å²) in [5.74, 6) is -0.0612. The normalized spacial score (nSPS) is 20.4. The average molecular weight is 497 g/mol. The highest BCUT2D eigenvalue weighted by Crippen LogP contribution is 2.47. The number of halogens is 1. The minimum Gasteiger partial charge on any atom is -0.454 e. The second-order valence-electron chi connectivity index (χ2n) is 9.50. The number of hydrogen-bond donors (Lipinski definition) is 2. The van der Waals surface area contributed by atoms with Gasteiger partial charge in [-0.05, 0) is 66.8 Å². The summed E-state index contributed by atoms with van der Waals surface area (Å²) in [6, 6.07) is 21.2. The summed E-state index contributed by atoms with van der Waals surface area (Å²) >= 11 is 0. The fourth-order valence-electron chi connectivity index (χ4n) is 5.46. The molecule has 6 nitrogen and oxygen atoms in total. The Bertz CT molecular complexity index is 1460. The van der Waals surface area contributed by atoms with E-state index in [0.29, 0.717) is 46.9 Å². The molecule has 0 saturated heterocycles. The molecule has 0 fully saturated rings. The fourth-order valence-corrected chi connectivity index (χ4v) is 5.46. The number of fused-ring (bicyclic) bond motifs is 1. The van der Waals surface area contributed by atoms with Gasteiger partial charge in [-0.3, -0.25) is 9.59 Å². The first-order valence-electron chi connectivity index (χ1n) is 12.2. The topological polar surface area (TPSA) is 76.7 Å². The van der Waals surface area contributed by atoms with Gasteiger partial charge in [0, 0.05) is 40.6 Å². The molecule has 3 aromatic carbocycles. The second-order valence-corrected chi connectivity index (χ2v) is 9.50. The van der Waals surface area contributed by atoms with Crippen molar-refractivity contribution in [2.24, 2.45) is 0 Å². The van der Waals surface area contributed by atoms with Crippen molar-refractivity contribution in [3.05, 3.63) is 112 Å². The van der Waals surface area contributed by atoms with Crippen LogP contribution in [0.4, 0.5) is 10.1 Å². The van der Waals surface area contributed by atoms with Crippen molar-refractivity contribution in [3.8, 4) is 11.5 Å². The number of ketones is 1. The molecule has 0 saturated carbocycles. The van der Waals surface area contributed by atoms with Crippen molar-refractivity contribution in [2.75, 3.05) is 12.1 Å². The summed E-state index contributed by atoms with van der Waals surface area (Å²) in [6.07, 6.45) is 1.02. The number of nitrogens with one attached hydrogen (secondary N) is 2. The van der Waals surface area contributed by atoms with E-state index < -0.39 is 5.92 Å². The molecule has 1 amide bonds. The van der Waals surface area contributed by atoms with E-state index in [0.717, 1.165) is 16.8 Å². The number of amides is 1. The highest BCUT2D eigenvalue weighted by atomic mass is 19.1. The van der Waals surface area contributed by atoms with Crippen LogP contribution in [-0.2, 0) is 9.59 Å². The Morgan fingerprint density at radius 3 is 2.49 bits per heavy atom. The number of rotatable bonds is 4. The minimum absolute atomic E-state index is 0.00449. The van der Waals surface area contributed by atoms with Gasteiger partial charge in [0.2, 0.25) is 6.79 Å². The summed E-state index contributed by atoms with van der Waals surface area (Å²) in [5, 5.41) is 6.26. The Kier molecular flexibility index (Phi) is 5.75. The number of benzene rings is 3. The smallest absolute Gasteiger partial charge is 0.254 e. The number of ether oxygens (including phenoxy) is 2. The van der Waals surface area contributed by atoms with E-state index in [4.69, 9.17) is 9.47 Å². The first-order valence-corrected chi connectivity index (χ1v) is 12.2. The van der Waals surface area contributed by atoms with Crippen LogP contribution in [0.1, 0.15) is 42.7 Å². The van der Waals surface area contributed by atoms with E-state index in [2.05, 4.69) is 10.6 Å². The molecule has 37 heavy (non-hydrogen) atoms. The lowest BCUT2D eigenvalue weighted by molar-refractivity contribution is -0.116. The molecule has 2 N–H and O–H groups in total. The van der Waals surface area contributed by atoms with Crippen molar-refractivity contribution in [3.63, 3.8) is 0 Å². The Balaban J connectivity index is 1.42. The third-order valence-electron chi connectivity index (χ3n) is 7.18. The molecular formula is C30H25FN2O4. The first kappa shape index (κ1) is 23.0. The van der Waals surface area contributed by atoms with Gasteiger partial charge < -0.3 is 20.1 Å². The number of carbonyl (C=O) groups excluding carboxylic acids is 2. The SMILES string of the molecule is CC1=C(C(=O)Nc2ccc(F)cc2)C(c2ccc3c(c2)OCO3)C2=C(CC(c3ccccc3)CC2=O)N1. The van der Waals surface area contributed by atoms with E-state index in [1.807, 2.05) is 55.5 Å². The molecule has 3 aliphatic rings. The quantitative estimate of drug-likeness (QED) is 0.495. The number of allylic oxidation sites excluding steroid dienone is 3. The Morgan fingerprint density at radius 2 is 1.70 bits per heavy atom. The third-order valence-corrected chi connectivity index (χ3v) is 7.18. The highest BCUT2D eigenvalue weighted by Gasteiger charge is 2.41. The monoisotopic (exact) mass is 496 g/mol. The zero-order valence-electron chi connectivity index (χ0n) is 20.2. The third kappa shape index (κ3) is 4.27. The summed E-state index contributed by atoms with van der Waals surface area (Å²) < 4.78 is 24.5. The molecule has 3 aromatic rings. The van der Waals surface area contributed by atoms with Crippen LogP contribution < -0.4 is 20.1 Å². The highest BCUT2D eigenvalue weighted by molar-refractivity contribution is 6.10. The summed E-state index contributed by atoms with van der Waals surface area (Å²) in [4.78, 5) is 27.4. The number of carbonyl (C=O) groups is 2. The zero-order chi connectivity index (χ0) is 25.5. The molecule has 2 unspecified atom stereocenters. The summed E-state index contributed by atoms with van der Waals surface area (Å²) in [5.41, 5.74) is 4.90. The second kappa shape index (κ2) is 9.24. The van der Waals surface area contributed by atoms with E-state index in [9.17, 15) is 14.0 Å². The maximum atomic E-state index is 13.8. The van der Waals surface area contributed by atoms with Gasteiger partial charge in [-0.15, -0.1) is 0 Å². The van der Waals surface area contributed by atoms with Crippen LogP contribution in [-0.4, -0.2) is 18.5 Å². The van der Waals surface area contributed by atoms with Crippen LogP contribution in [0.25, 0.3) is 0 Å². The lowest BCUT2D eigenvalue weighted by atomic mass is 9.71. The van der Waals surface area contributed by atoms with Crippen molar-refractivity contribution < 1.29 is 23.5 Å². The van der Waals surface area contributed by atoms with Crippen LogP contribution >= 0.6 is 0 Å². The standard InChI is InChI=1S/C30H25FN2O4/c1-17-27(30(35)33-22-10-8-21(31)9-11-22)28(19-7-12-25-26(15-19)37-16-36-25)29-23(32-17)13-20(14-24(29)34)18-5-3-2-4-6-18/h2-12,15,20,28,32H,13-14,16H2,1H3,(H,33,35). The van der Waals surface area contributed by atoms with Gasteiger partial charge in [0.25, 0.3) is 5.91 Å². The fraction of sp³-hybridized carbons (Fsp3) is 0.200. The predicted octanol–water partition coefficient (Wildman–Crippen LogP) is 5.55.